The molecule has 2 aliphatic rings. The van der Waals surface area contributed by atoms with Gasteiger partial charge in [0.1, 0.15) is 0 Å². The van der Waals surface area contributed by atoms with Gasteiger partial charge in [-0.1, -0.05) is 17.7 Å². The number of carbonyl (C=O) groups is 1. The molecular weight excluding hydrogens is 313 g/mol. The van der Waals surface area contributed by atoms with Crippen LogP contribution in [0, 0.1) is 20.8 Å². The van der Waals surface area contributed by atoms with E-state index in [4.69, 9.17) is 0 Å². The van der Waals surface area contributed by atoms with Crippen molar-refractivity contribution in [3.63, 3.8) is 0 Å². The first-order chi connectivity index (χ1) is 11.4. The van der Waals surface area contributed by atoms with E-state index in [1.807, 2.05) is 0 Å². The molecule has 1 aliphatic carbocycles. The number of hydrogen-bond donors (Lipinski definition) is 1. The zero-order valence-corrected chi connectivity index (χ0v) is 16.8. The van der Waals surface area contributed by atoms with Crippen LogP contribution >= 0.6 is 7.26 Å². The van der Waals surface area contributed by atoms with Crippen LogP contribution in [-0.2, 0) is 4.79 Å². The van der Waals surface area contributed by atoms with Gasteiger partial charge >= 0.3 is 0 Å². The molecular formula is C21H33NOP+. The molecule has 0 atom stereocenters. The van der Waals surface area contributed by atoms with E-state index in [-0.39, 0.29) is 5.16 Å². The van der Waals surface area contributed by atoms with Gasteiger partial charge in [-0.3, -0.25) is 4.79 Å². The Morgan fingerprint density at radius 2 is 1.58 bits per heavy atom. The summed E-state index contributed by atoms with van der Waals surface area (Å²) in [7, 11) is -1.15. The number of hydrogen-bond acceptors (Lipinski definition) is 1. The fourth-order valence-electron chi connectivity index (χ4n) is 4.98. The van der Waals surface area contributed by atoms with Gasteiger partial charge in [-0.25, -0.2) is 0 Å². The molecule has 3 rings (SSSR count). The molecule has 0 bridgehead atoms. The van der Waals surface area contributed by atoms with E-state index in [1.54, 1.807) is 0 Å². The van der Waals surface area contributed by atoms with Crippen LogP contribution in [0.25, 0.3) is 0 Å². The number of nitrogens with one attached hydrogen (secondary N) is 1. The summed E-state index contributed by atoms with van der Waals surface area (Å²) in [5, 5.41) is 3.38. The van der Waals surface area contributed by atoms with Gasteiger partial charge < -0.3 is 5.32 Å². The zero-order chi connectivity index (χ0) is 17.4. The minimum Gasteiger partial charge on any atom is -0.322 e. The third-order valence-electron chi connectivity index (χ3n) is 6.50. The van der Waals surface area contributed by atoms with Gasteiger partial charge in [0.25, 0.3) is 5.91 Å². The molecule has 24 heavy (non-hydrogen) atoms. The van der Waals surface area contributed by atoms with Gasteiger partial charge in [0, 0.05) is 25.8 Å². The zero-order valence-electron chi connectivity index (χ0n) is 15.9. The molecule has 1 saturated heterocycles. The second kappa shape index (κ2) is 6.79. The monoisotopic (exact) mass is 346 g/mol. The van der Waals surface area contributed by atoms with Crippen molar-refractivity contribution >= 4 is 18.9 Å². The maximum Gasteiger partial charge on any atom is 0.268 e. The first-order valence-electron chi connectivity index (χ1n) is 9.70. The van der Waals surface area contributed by atoms with Gasteiger partial charge in [0.05, 0.1) is 18.5 Å². The molecule has 132 valence electrons. The Labute approximate surface area is 148 Å². The van der Waals surface area contributed by atoms with Crippen molar-refractivity contribution in [1.29, 1.82) is 0 Å². The summed E-state index contributed by atoms with van der Waals surface area (Å²) in [4.78, 5) is 13.4. The van der Waals surface area contributed by atoms with E-state index in [0.29, 0.717) is 5.91 Å². The average Bonchev–Trinajstić information content (AvgIpc) is 3.34. The first kappa shape index (κ1) is 17.9. The van der Waals surface area contributed by atoms with E-state index < -0.39 is 7.26 Å². The number of rotatable bonds is 4. The van der Waals surface area contributed by atoms with Gasteiger partial charge in [0.15, 0.2) is 5.16 Å². The maximum absolute atomic E-state index is 13.4. The predicted octanol–water partition coefficient (Wildman–Crippen LogP) is 5.69. The molecule has 3 heteroatoms. The summed E-state index contributed by atoms with van der Waals surface area (Å²) in [5.74, 6) is 0.342. The lowest BCUT2D eigenvalue weighted by Crippen LogP contribution is -2.36. The Kier molecular flexibility index (Phi) is 5.07. The summed E-state index contributed by atoms with van der Waals surface area (Å²) in [6.45, 7) is 8.71. The maximum atomic E-state index is 13.4. The number of amides is 1. The van der Waals surface area contributed by atoms with Crippen LogP contribution < -0.4 is 5.32 Å². The Hall–Kier alpha value is -0.880. The molecule has 1 aliphatic heterocycles. The second-order valence-electron chi connectivity index (χ2n) is 8.08. The van der Waals surface area contributed by atoms with Gasteiger partial charge in [-0.15, -0.1) is 0 Å². The van der Waals surface area contributed by atoms with Crippen molar-refractivity contribution in [2.75, 3.05) is 23.8 Å². The number of aryl methyl sites for hydroxylation is 3. The molecule has 0 unspecified atom stereocenters. The molecule has 1 aromatic carbocycles. The molecule has 2 nitrogen and oxygen atoms in total. The molecule has 1 saturated carbocycles. The van der Waals surface area contributed by atoms with E-state index in [9.17, 15) is 4.79 Å². The Bertz CT molecular complexity index is 602. The van der Waals surface area contributed by atoms with Gasteiger partial charge in [0.2, 0.25) is 0 Å². The van der Waals surface area contributed by atoms with E-state index in [0.717, 1.165) is 18.5 Å². The number of benzene rings is 1. The third kappa shape index (κ3) is 3.03. The van der Waals surface area contributed by atoms with Crippen LogP contribution in [0.5, 0.6) is 0 Å². The van der Waals surface area contributed by atoms with Crippen molar-refractivity contribution < 1.29 is 4.79 Å². The van der Waals surface area contributed by atoms with Crippen LogP contribution in [0.1, 0.15) is 62.1 Å². The second-order valence-corrected chi connectivity index (χ2v) is 12.8. The molecule has 1 aromatic rings. The molecule has 2 fully saturated rings. The standard InChI is InChI=1S/C21H32NOP/c1-5-24(12-8-6-7-9-13-24)21(10-11-21)20(23)22-19-17(3)14-16(2)15-18(19)4/h14-15H,5-13H2,1-4H3/p+1. The Balaban J connectivity index is 1.86. The Morgan fingerprint density at radius 3 is 2.04 bits per heavy atom. The fraction of sp³-hybridized carbons (Fsp3) is 0.667. The van der Waals surface area contributed by atoms with Crippen LogP contribution in [0.2, 0.25) is 0 Å². The topological polar surface area (TPSA) is 29.1 Å². The Morgan fingerprint density at radius 1 is 1.04 bits per heavy atom. The van der Waals surface area contributed by atoms with E-state index >= 15 is 0 Å². The van der Waals surface area contributed by atoms with Crippen molar-refractivity contribution in [3.8, 4) is 0 Å². The van der Waals surface area contributed by atoms with Crippen LogP contribution in [0.4, 0.5) is 5.69 Å². The highest BCUT2D eigenvalue weighted by molar-refractivity contribution is 7.78. The molecule has 1 N–H and O–H groups in total. The average molecular weight is 346 g/mol. The molecule has 0 spiro atoms. The lowest BCUT2D eigenvalue weighted by molar-refractivity contribution is -0.116. The molecule has 1 heterocycles. The number of anilines is 1. The number of carbonyl (C=O) groups excluding carboxylic acids is 1. The molecule has 0 aromatic heterocycles. The highest BCUT2D eigenvalue weighted by atomic mass is 31.2. The van der Waals surface area contributed by atoms with Crippen molar-refractivity contribution in [1.82, 2.24) is 0 Å². The van der Waals surface area contributed by atoms with Crippen LogP contribution in [-0.4, -0.2) is 29.5 Å². The van der Waals surface area contributed by atoms with Crippen LogP contribution in [0.15, 0.2) is 12.1 Å². The predicted molar refractivity (Wildman–Crippen MR) is 107 cm³/mol. The largest absolute Gasteiger partial charge is 0.322 e. The fourth-order valence-corrected chi connectivity index (χ4v) is 10.5. The van der Waals surface area contributed by atoms with E-state index in [1.165, 1.54) is 60.9 Å². The summed E-state index contributed by atoms with van der Waals surface area (Å²) >= 11 is 0. The molecule has 0 radical (unpaired) electrons. The SMILES string of the molecule is CC[P+]1(C2(C(=O)Nc3c(C)cc(C)cc3C)CC2)CCCCCC1. The van der Waals surface area contributed by atoms with Gasteiger partial charge in [-0.05, 0) is 64.5 Å². The van der Waals surface area contributed by atoms with E-state index in [2.05, 4.69) is 45.1 Å². The summed E-state index contributed by atoms with van der Waals surface area (Å²) in [6, 6.07) is 4.36. The highest BCUT2D eigenvalue weighted by Crippen LogP contribution is 2.79. The summed E-state index contributed by atoms with van der Waals surface area (Å²) < 4.78 is 0. The highest BCUT2D eigenvalue weighted by Gasteiger charge is 2.69. The van der Waals surface area contributed by atoms with Gasteiger partial charge in [-0.2, -0.15) is 0 Å². The minimum atomic E-state index is -1.15. The normalized spacial score (nSPS) is 21.8. The third-order valence-corrected chi connectivity index (χ3v) is 12.5. The summed E-state index contributed by atoms with van der Waals surface area (Å²) in [6.07, 6.45) is 11.6. The lowest BCUT2D eigenvalue weighted by Gasteiger charge is -2.33. The minimum absolute atomic E-state index is 0.00978. The lowest BCUT2D eigenvalue weighted by atomic mass is 10.0. The van der Waals surface area contributed by atoms with Crippen molar-refractivity contribution in [3.05, 3.63) is 28.8 Å². The quantitative estimate of drug-likeness (QED) is 0.697. The summed E-state index contributed by atoms with van der Waals surface area (Å²) in [5.41, 5.74) is 4.72. The van der Waals surface area contributed by atoms with Crippen molar-refractivity contribution in [2.24, 2.45) is 0 Å². The molecule has 1 amide bonds. The smallest absolute Gasteiger partial charge is 0.268 e. The van der Waals surface area contributed by atoms with Crippen molar-refractivity contribution in [2.45, 2.75) is 71.4 Å². The first-order valence-corrected chi connectivity index (χ1v) is 12.0. The van der Waals surface area contributed by atoms with Crippen LogP contribution in [0.3, 0.4) is 0 Å².